The van der Waals surface area contributed by atoms with Crippen LogP contribution in [0.15, 0.2) is 18.2 Å². The van der Waals surface area contributed by atoms with Crippen LogP contribution in [0.3, 0.4) is 0 Å². The van der Waals surface area contributed by atoms with Gasteiger partial charge in [-0.05, 0) is 17.7 Å². The third-order valence-electron chi connectivity index (χ3n) is 2.26. The molecular formula is C12H13NO4S. The molecule has 0 spiro atoms. The molecule has 0 fully saturated rings. The molecule has 1 rings (SSSR count). The van der Waals surface area contributed by atoms with Gasteiger partial charge in [-0.15, -0.1) is 0 Å². The molecule has 1 atom stereocenters. The van der Waals surface area contributed by atoms with Crippen molar-refractivity contribution in [1.29, 1.82) is 5.26 Å². The number of hydrogen-bond acceptors (Lipinski definition) is 4. The lowest BCUT2D eigenvalue weighted by Gasteiger charge is -2.05. The summed E-state index contributed by atoms with van der Waals surface area (Å²) in [6.07, 6.45) is -0.117. The lowest BCUT2D eigenvalue weighted by Crippen LogP contribution is -2.06. The number of hydrogen-bond donors (Lipinski definition) is 1. The van der Waals surface area contributed by atoms with Crippen LogP contribution in [-0.2, 0) is 21.3 Å². The quantitative estimate of drug-likeness (QED) is 0.839. The highest BCUT2D eigenvalue weighted by Gasteiger charge is 2.08. The van der Waals surface area contributed by atoms with Crippen LogP contribution in [0.4, 0.5) is 0 Å². The van der Waals surface area contributed by atoms with Gasteiger partial charge in [0.2, 0.25) is 0 Å². The van der Waals surface area contributed by atoms with E-state index in [1.54, 1.807) is 18.2 Å². The number of nitrogens with zero attached hydrogens (tertiary/aromatic N) is 1. The van der Waals surface area contributed by atoms with Gasteiger partial charge in [0.05, 0.1) is 19.1 Å². The molecule has 0 aromatic heterocycles. The SMILES string of the molecule is COc1ccc(CS(=O)CCC(=O)O)cc1C#N. The van der Waals surface area contributed by atoms with Gasteiger partial charge in [-0.3, -0.25) is 9.00 Å². The first kappa shape index (κ1) is 14.2. The molecule has 1 unspecified atom stereocenters. The molecule has 0 aliphatic heterocycles. The zero-order chi connectivity index (χ0) is 13.5. The highest BCUT2D eigenvalue weighted by atomic mass is 32.2. The first-order chi connectivity index (χ1) is 8.56. The van der Waals surface area contributed by atoms with Crippen molar-refractivity contribution >= 4 is 16.8 Å². The van der Waals surface area contributed by atoms with E-state index in [2.05, 4.69) is 0 Å². The first-order valence-corrected chi connectivity index (χ1v) is 6.69. The van der Waals surface area contributed by atoms with Crippen molar-refractivity contribution in [3.05, 3.63) is 29.3 Å². The van der Waals surface area contributed by atoms with E-state index in [-0.39, 0.29) is 17.9 Å². The Kier molecular flexibility index (Phi) is 5.33. The second-order valence-corrected chi connectivity index (χ2v) is 5.16. The summed E-state index contributed by atoms with van der Waals surface area (Å²) in [5.41, 5.74) is 1.11. The predicted octanol–water partition coefficient (Wildman–Crippen LogP) is 1.29. The van der Waals surface area contributed by atoms with Gasteiger partial charge in [0.15, 0.2) is 0 Å². The number of ether oxygens (including phenoxy) is 1. The zero-order valence-electron chi connectivity index (χ0n) is 9.88. The summed E-state index contributed by atoms with van der Waals surface area (Å²) < 4.78 is 16.6. The maximum Gasteiger partial charge on any atom is 0.304 e. The summed E-state index contributed by atoms with van der Waals surface area (Å²) in [6, 6.07) is 6.96. The smallest absolute Gasteiger partial charge is 0.304 e. The van der Waals surface area contributed by atoms with Crippen LogP contribution in [0.1, 0.15) is 17.5 Å². The Morgan fingerprint density at radius 3 is 2.83 bits per heavy atom. The highest BCUT2D eigenvalue weighted by Crippen LogP contribution is 2.19. The molecule has 0 heterocycles. The summed E-state index contributed by atoms with van der Waals surface area (Å²) in [7, 11) is 0.232. The number of rotatable bonds is 6. The molecular weight excluding hydrogens is 254 g/mol. The van der Waals surface area contributed by atoms with Crippen molar-refractivity contribution in [1.82, 2.24) is 0 Å². The largest absolute Gasteiger partial charge is 0.495 e. The van der Waals surface area contributed by atoms with Crippen molar-refractivity contribution in [2.75, 3.05) is 12.9 Å². The number of carboxylic acids is 1. The number of carbonyl (C=O) groups is 1. The lowest BCUT2D eigenvalue weighted by molar-refractivity contribution is -0.136. The molecule has 1 aromatic rings. The van der Waals surface area contributed by atoms with Crippen LogP contribution in [0.5, 0.6) is 5.75 Å². The van der Waals surface area contributed by atoms with Crippen molar-refractivity contribution in [2.45, 2.75) is 12.2 Å². The third kappa shape index (κ3) is 4.18. The average molecular weight is 267 g/mol. The summed E-state index contributed by atoms with van der Waals surface area (Å²) in [5, 5.41) is 17.4. The fourth-order valence-electron chi connectivity index (χ4n) is 1.39. The fraction of sp³-hybridized carbons (Fsp3) is 0.333. The molecule has 0 aliphatic carbocycles. The minimum absolute atomic E-state index is 0.114. The number of carboxylic acid groups (broad SMARTS) is 1. The summed E-state index contributed by atoms with van der Waals surface area (Å²) in [6.45, 7) is 0. The molecule has 0 aliphatic rings. The molecule has 18 heavy (non-hydrogen) atoms. The predicted molar refractivity (Wildman–Crippen MR) is 66.7 cm³/mol. The van der Waals surface area contributed by atoms with E-state index < -0.39 is 16.8 Å². The van der Waals surface area contributed by atoms with Gasteiger partial charge in [0.1, 0.15) is 11.8 Å². The number of nitriles is 1. The van der Waals surface area contributed by atoms with Crippen LogP contribution >= 0.6 is 0 Å². The molecule has 0 bridgehead atoms. The Morgan fingerprint density at radius 1 is 1.56 bits per heavy atom. The molecule has 6 heteroatoms. The van der Waals surface area contributed by atoms with E-state index in [9.17, 15) is 9.00 Å². The standard InChI is InChI=1S/C12H13NO4S/c1-17-11-3-2-9(6-10(11)7-13)8-18(16)5-4-12(14)15/h2-3,6H,4-5,8H2,1H3,(H,14,15). The molecule has 0 amide bonds. The minimum atomic E-state index is -1.24. The van der Waals surface area contributed by atoms with Crippen molar-refractivity contribution in [3.63, 3.8) is 0 Å². The second-order valence-electron chi connectivity index (χ2n) is 3.58. The van der Waals surface area contributed by atoms with Crippen molar-refractivity contribution in [3.8, 4) is 11.8 Å². The van der Waals surface area contributed by atoms with Crippen LogP contribution in [0.2, 0.25) is 0 Å². The van der Waals surface area contributed by atoms with Crippen molar-refractivity contribution < 1.29 is 18.8 Å². The Hall–Kier alpha value is -1.87. The first-order valence-electron chi connectivity index (χ1n) is 5.20. The van der Waals surface area contributed by atoms with Gasteiger partial charge in [-0.2, -0.15) is 5.26 Å². The summed E-state index contributed by atoms with van der Waals surface area (Å²) >= 11 is 0. The summed E-state index contributed by atoms with van der Waals surface area (Å²) in [4.78, 5) is 10.3. The topological polar surface area (TPSA) is 87.4 Å². The molecule has 1 N–H and O–H groups in total. The van der Waals surface area contributed by atoms with Crippen LogP contribution < -0.4 is 4.74 Å². The molecule has 1 aromatic carbocycles. The van der Waals surface area contributed by atoms with Gasteiger partial charge in [0, 0.05) is 22.3 Å². The normalized spacial score (nSPS) is 11.6. The maximum atomic E-state index is 11.6. The van der Waals surface area contributed by atoms with E-state index in [0.29, 0.717) is 11.3 Å². The maximum absolute atomic E-state index is 11.6. The fourth-order valence-corrected chi connectivity index (χ4v) is 2.49. The van der Waals surface area contributed by atoms with E-state index in [1.165, 1.54) is 7.11 Å². The Labute approximate surface area is 107 Å². The summed E-state index contributed by atoms with van der Waals surface area (Å²) in [5.74, 6) is -0.136. The van der Waals surface area contributed by atoms with Gasteiger partial charge in [0.25, 0.3) is 0 Å². The number of methoxy groups -OCH3 is 1. The van der Waals surface area contributed by atoms with Gasteiger partial charge in [-0.1, -0.05) is 6.07 Å². The molecule has 0 saturated heterocycles. The monoisotopic (exact) mass is 267 g/mol. The Balaban J connectivity index is 2.71. The number of aliphatic carboxylic acids is 1. The van der Waals surface area contributed by atoms with Gasteiger partial charge < -0.3 is 9.84 Å². The van der Waals surface area contributed by atoms with E-state index in [0.717, 1.165) is 5.56 Å². The average Bonchev–Trinajstić information content (AvgIpc) is 2.36. The zero-order valence-corrected chi connectivity index (χ0v) is 10.7. The van der Waals surface area contributed by atoms with E-state index in [4.69, 9.17) is 15.1 Å². The minimum Gasteiger partial charge on any atom is -0.495 e. The molecule has 5 nitrogen and oxygen atoms in total. The van der Waals surface area contributed by atoms with Gasteiger partial charge >= 0.3 is 5.97 Å². The molecule has 0 radical (unpaired) electrons. The second kappa shape index (κ2) is 6.77. The highest BCUT2D eigenvalue weighted by molar-refractivity contribution is 7.84. The van der Waals surface area contributed by atoms with Crippen LogP contribution in [-0.4, -0.2) is 28.1 Å². The van der Waals surface area contributed by atoms with Crippen LogP contribution in [0, 0.1) is 11.3 Å². The van der Waals surface area contributed by atoms with Gasteiger partial charge in [-0.25, -0.2) is 0 Å². The lowest BCUT2D eigenvalue weighted by atomic mass is 10.1. The molecule has 0 saturated carbocycles. The van der Waals surface area contributed by atoms with Crippen molar-refractivity contribution in [2.24, 2.45) is 0 Å². The third-order valence-corrected chi connectivity index (χ3v) is 3.57. The Bertz CT molecular complexity index is 507. The molecule has 96 valence electrons. The van der Waals surface area contributed by atoms with E-state index in [1.807, 2.05) is 6.07 Å². The Morgan fingerprint density at radius 2 is 2.28 bits per heavy atom. The van der Waals surface area contributed by atoms with Crippen LogP contribution in [0.25, 0.3) is 0 Å². The van der Waals surface area contributed by atoms with E-state index >= 15 is 0 Å². The number of benzene rings is 1.